The molecule has 1 aliphatic rings. The number of nitrogens with one attached hydrogen (secondary N) is 1. The molecule has 0 unspecified atom stereocenters. The fourth-order valence-corrected chi connectivity index (χ4v) is 4.46. The van der Waals surface area contributed by atoms with Gasteiger partial charge in [0.2, 0.25) is 5.95 Å². The van der Waals surface area contributed by atoms with Crippen LogP contribution in [0.25, 0.3) is 21.6 Å². The van der Waals surface area contributed by atoms with Gasteiger partial charge in [-0.15, -0.1) is 11.3 Å². The number of rotatable bonds is 6. The lowest BCUT2D eigenvalue weighted by molar-refractivity contribution is -0.0133. The lowest BCUT2D eigenvalue weighted by Crippen LogP contribution is -2.17. The average molecular weight is 419 g/mol. The van der Waals surface area contributed by atoms with Gasteiger partial charge in [-0.25, -0.2) is 4.98 Å². The van der Waals surface area contributed by atoms with Crippen molar-refractivity contribution in [3.05, 3.63) is 77.8 Å². The zero-order chi connectivity index (χ0) is 20.5. The van der Waals surface area contributed by atoms with Crippen molar-refractivity contribution < 1.29 is 9.84 Å². The predicted molar refractivity (Wildman–Crippen MR) is 119 cm³/mol. The second-order valence-corrected chi connectivity index (χ2v) is 8.25. The number of nitrogens with zero attached hydrogens (tertiary/aromatic N) is 3. The summed E-state index contributed by atoms with van der Waals surface area (Å²) in [6.07, 6.45) is 1.96. The van der Waals surface area contributed by atoms with E-state index in [1.807, 2.05) is 42.6 Å². The number of para-hydroxylation sites is 2. The number of aromatic nitrogens is 3. The number of aliphatic hydroxyl groups is 1. The first kappa shape index (κ1) is 19.0. The molecular weight excluding hydrogens is 396 g/mol. The van der Waals surface area contributed by atoms with Crippen LogP contribution in [0.4, 0.5) is 5.95 Å². The molecule has 5 rings (SSSR count). The fourth-order valence-electron chi connectivity index (χ4n) is 3.75. The molecule has 2 N–H and O–H groups in total. The van der Waals surface area contributed by atoms with Gasteiger partial charge in [0.25, 0.3) is 0 Å². The second-order valence-electron chi connectivity index (χ2n) is 7.30. The molecule has 7 heteroatoms. The number of fused-ring (bicyclic) bond motifs is 1. The molecule has 1 aliphatic heterocycles. The number of benzene rings is 1. The van der Waals surface area contributed by atoms with E-state index in [9.17, 15) is 5.11 Å². The van der Waals surface area contributed by atoms with Crippen molar-refractivity contribution in [2.75, 3.05) is 11.9 Å². The van der Waals surface area contributed by atoms with Crippen LogP contribution in [0.15, 0.2) is 72.3 Å². The second kappa shape index (κ2) is 8.02. The minimum absolute atomic E-state index is 0.0625. The first-order valence-electron chi connectivity index (χ1n) is 9.86. The van der Waals surface area contributed by atoms with Crippen LogP contribution in [-0.2, 0) is 11.3 Å². The summed E-state index contributed by atoms with van der Waals surface area (Å²) in [5.41, 5.74) is 4.84. The first-order chi connectivity index (χ1) is 14.7. The van der Waals surface area contributed by atoms with Crippen LogP contribution >= 0.6 is 11.3 Å². The molecule has 4 aromatic rings. The van der Waals surface area contributed by atoms with Crippen molar-refractivity contribution in [2.24, 2.45) is 0 Å². The molecule has 4 heterocycles. The van der Waals surface area contributed by atoms with Gasteiger partial charge < -0.3 is 15.2 Å². The summed E-state index contributed by atoms with van der Waals surface area (Å²) in [6, 6.07) is 16.2. The number of anilines is 1. The van der Waals surface area contributed by atoms with E-state index in [2.05, 4.69) is 39.0 Å². The van der Waals surface area contributed by atoms with E-state index < -0.39 is 0 Å². The monoisotopic (exact) mass is 418 g/mol. The molecule has 1 aromatic carbocycles. The van der Waals surface area contributed by atoms with Gasteiger partial charge in [0.1, 0.15) is 12.3 Å². The van der Waals surface area contributed by atoms with Crippen molar-refractivity contribution in [1.82, 2.24) is 14.5 Å². The molecule has 1 saturated heterocycles. The van der Waals surface area contributed by atoms with Gasteiger partial charge >= 0.3 is 0 Å². The molecule has 0 amide bonds. The van der Waals surface area contributed by atoms with E-state index in [0.29, 0.717) is 13.0 Å². The summed E-state index contributed by atoms with van der Waals surface area (Å²) in [5, 5.41) is 15.0. The van der Waals surface area contributed by atoms with E-state index in [-0.39, 0.29) is 18.9 Å². The maximum absolute atomic E-state index is 9.54. The Morgan fingerprint density at radius 3 is 2.83 bits per heavy atom. The molecule has 0 spiro atoms. The van der Waals surface area contributed by atoms with Crippen molar-refractivity contribution in [3.63, 3.8) is 0 Å². The lowest BCUT2D eigenvalue weighted by Gasteiger charge is -2.18. The highest BCUT2D eigenvalue weighted by Gasteiger charge is 2.31. The summed E-state index contributed by atoms with van der Waals surface area (Å²) in [4.78, 5) is 10.5. The third kappa shape index (κ3) is 3.52. The Hall–Kier alpha value is -3.00. The standard InChI is InChI=1S/C23H22N4O2S/c1-15-11-22(29-20(15)14-28)27-19-6-3-2-5-17(19)26-23(27)25-13-16-8-9-18(24-12-16)21-7-4-10-30-21/h2-10,12,20,22,28H,1,11,13-14H2,(H,25,26)/t20-,22-/m1/s1. The third-order valence-corrected chi connectivity index (χ3v) is 6.20. The van der Waals surface area contributed by atoms with E-state index in [1.54, 1.807) is 11.3 Å². The van der Waals surface area contributed by atoms with Crippen LogP contribution in [0.5, 0.6) is 0 Å². The minimum atomic E-state index is -0.335. The van der Waals surface area contributed by atoms with Gasteiger partial charge in [-0.1, -0.05) is 30.8 Å². The van der Waals surface area contributed by atoms with Gasteiger partial charge in [0, 0.05) is 19.2 Å². The molecule has 1 fully saturated rings. The molecule has 6 nitrogen and oxygen atoms in total. The van der Waals surface area contributed by atoms with Crippen LogP contribution in [0.2, 0.25) is 0 Å². The molecular formula is C23H22N4O2S. The average Bonchev–Trinajstić information content (AvgIpc) is 3.50. The van der Waals surface area contributed by atoms with Crippen molar-refractivity contribution >= 4 is 28.3 Å². The minimum Gasteiger partial charge on any atom is -0.393 e. The number of ether oxygens (including phenoxy) is 1. The summed E-state index contributed by atoms with van der Waals surface area (Å²) in [6.45, 7) is 4.59. The Bertz CT molecular complexity index is 1170. The topological polar surface area (TPSA) is 72.2 Å². The van der Waals surface area contributed by atoms with Gasteiger partial charge in [0.05, 0.1) is 28.2 Å². The van der Waals surface area contributed by atoms with E-state index in [1.165, 1.54) is 0 Å². The number of thiophene rings is 1. The molecule has 0 radical (unpaired) electrons. The zero-order valence-corrected chi connectivity index (χ0v) is 17.2. The highest BCUT2D eigenvalue weighted by Crippen LogP contribution is 2.36. The van der Waals surface area contributed by atoms with Gasteiger partial charge in [-0.05, 0) is 40.8 Å². The normalized spacial score (nSPS) is 18.9. The van der Waals surface area contributed by atoms with E-state index in [4.69, 9.17) is 9.72 Å². The van der Waals surface area contributed by atoms with Gasteiger partial charge in [-0.3, -0.25) is 9.55 Å². The predicted octanol–water partition coefficient (Wildman–Crippen LogP) is 4.61. The highest BCUT2D eigenvalue weighted by molar-refractivity contribution is 7.13. The van der Waals surface area contributed by atoms with Crippen LogP contribution in [0, 0.1) is 0 Å². The fraction of sp³-hybridized carbons (Fsp3) is 0.217. The summed E-state index contributed by atoms with van der Waals surface area (Å²) in [7, 11) is 0. The first-order valence-corrected chi connectivity index (χ1v) is 10.7. The Kier molecular flexibility index (Phi) is 5.08. The van der Waals surface area contributed by atoms with Crippen LogP contribution in [0.1, 0.15) is 18.2 Å². The Morgan fingerprint density at radius 2 is 2.10 bits per heavy atom. The summed E-state index contributed by atoms with van der Waals surface area (Å²) >= 11 is 1.68. The zero-order valence-electron chi connectivity index (χ0n) is 16.4. The van der Waals surface area contributed by atoms with Crippen molar-refractivity contribution in [1.29, 1.82) is 0 Å². The molecule has 0 bridgehead atoms. The van der Waals surface area contributed by atoms with Crippen molar-refractivity contribution in [3.8, 4) is 10.6 Å². The van der Waals surface area contributed by atoms with E-state index >= 15 is 0 Å². The smallest absolute Gasteiger partial charge is 0.206 e. The Labute approximate surface area is 178 Å². The number of hydrogen-bond acceptors (Lipinski definition) is 6. The Balaban J connectivity index is 1.40. The van der Waals surface area contributed by atoms with Crippen LogP contribution in [0.3, 0.4) is 0 Å². The molecule has 30 heavy (non-hydrogen) atoms. The number of aliphatic hydroxyl groups excluding tert-OH is 1. The van der Waals surface area contributed by atoms with Gasteiger partial charge in [-0.2, -0.15) is 0 Å². The van der Waals surface area contributed by atoms with E-state index in [0.717, 1.165) is 38.7 Å². The lowest BCUT2D eigenvalue weighted by atomic mass is 10.1. The van der Waals surface area contributed by atoms with Gasteiger partial charge in [0.15, 0.2) is 0 Å². The van der Waals surface area contributed by atoms with Crippen LogP contribution < -0.4 is 5.32 Å². The molecule has 2 atom stereocenters. The third-order valence-electron chi connectivity index (χ3n) is 5.31. The maximum Gasteiger partial charge on any atom is 0.206 e. The summed E-state index contributed by atoms with van der Waals surface area (Å²) < 4.78 is 8.11. The summed E-state index contributed by atoms with van der Waals surface area (Å²) in [5.74, 6) is 0.731. The highest BCUT2D eigenvalue weighted by atomic mass is 32.1. The molecule has 152 valence electrons. The number of pyridine rings is 1. The molecule has 3 aromatic heterocycles. The van der Waals surface area contributed by atoms with Crippen LogP contribution in [-0.4, -0.2) is 32.4 Å². The number of hydrogen-bond donors (Lipinski definition) is 2. The molecule has 0 saturated carbocycles. The quantitative estimate of drug-likeness (QED) is 0.448. The molecule has 0 aliphatic carbocycles. The van der Waals surface area contributed by atoms with Crippen molar-refractivity contribution in [2.45, 2.75) is 25.3 Å². The number of imidazole rings is 1. The largest absolute Gasteiger partial charge is 0.393 e. The SMILES string of the molecule is C=C1C[C@H](n2c(NCc3ccc(-c4cccs4)nc3)nc3ccccc32)O[C@@H]1CO. The maximum atomic E-state index is 9.54. The Morgan fingerprint density at radius 1 is 1.20 bits per heavy atom.